The van der Waals surface area contributed by atoms with E-state index in [2.05, 4.69) is 9.38 Å². The van der Waals surface area contributed by atoms with Crippen LogP contribution in [0.5, 0.6) is 0 Å². The van der Waals surface area contributed by atoms with Crippen LogP contribution in [0.15, 0.2) is 24.4 Å². The molecule has 0 saturated heterocycles. The molecule has 92 valence electrons. The molecule has 2 aromatic heterocycles. The summed E-state index contributed by atoms with van der Waals surface area (Å²) in [6.45, 7) is 4.07. The summed E-state index contributed by atoms with van der Waals surface area (Å²) in [6, 6.07) is 6.03. The fourth-order valence-electron chi connectivity index (χ4n) is 1.87. The number of likely N-dealkylation sites (N-methyl/N-ethyl adjacent to an activating group) is 1. The average Bonchev–Trinajstić information content (AvgIpc) is 2.55. The van der Waals surface area contributed by atoms with Gasteiger partial charge in [-0.1, -0.05) is 6.07 Å². The Bertz CT molecular complexity index is 525. The number of aromatic nitrogens is 2. The summed E-state index contributed by atoms with van der Waals surface area (Å²) in [4.78, 5) is 6.58. The molecule has 1 unspecified atom stereocenters. The van der Waals surface area contributed by atoms with Crippen LogP contribution < -0.4 is 5.73 Å². The van der Waals surface area contributed by atoms with Crippen molar-refractivity contribution in [3.05, 3.63) is 35.8 Å². The van der Waals surface area contributed by atoms with Crippen LogP contribution >= 0.6 is 0 Å². The van der Waals surface area contributed by atoms with E-state index in [1.807, 2.05) is 57.2 Å². The maximum Gasteiger partial charge on any atom is 0.137 e. The van der Waals surface area contributed by atoms with E-state index in [0.717, 1.165) is 17.8 Å². The normalized spacial score (nSPS) is 15.4. The Morgan fingerprint density at radius 1 is 1.41 bits per heavy atom. The van der Waals surface area contributed by atoms with Crippen LogP contribution in [0.4, 0.5) is 0 Å². The van der Waals surface area contributed by atoms with Crippen molar-refractivity contribution in [1.29, 1.82) is 0 Å². The van der Waals surface area contributed by atoms with Gasteiger partial charge in [-0.2, -0.15) is 0 Å². The third-order valence-corrected chi connectivity index (χ3v) is 3.38. The fraction of sp³-hybridized carbons (Fsp3) is 0.462. The van der Waals surface area contributed by atoms with E-state index in [1.54, 1.807) is 0 Å². The highest BCUT2D eigenvalue weighted by atomic mass is 15.2. The predicted molar refractivity (Wildman–Crippen MR) is 69.9 cm³/mol. The lowest BCUT2D eigenvalue weighted by Crippen LogP contribution is -2.51. The second-order valence-electron chi connectivity index (χ2n) is 5.00. The first-order valence-corrected chi connectivity index (χ1v) is 5.81. The first-order valence-electron chi connectivity index (χ1n) is 5.81. The van der Waals surface area contributed by atoms with Gasteiger partial charge in [-0.25, -0.2) is 4.98 Å². The van der Waals surface area contributed by atoms with Crippen molar-refractivity contribution in [3.63, 3.8) is 0 Å². The number of nitrogens with two attached hydrogens (primary N) is 1. The van der Waals surface area contributed by atoms with Gasteiger partial charge in [0.15, 0.2) is 0 Å². The first kappa shape index (κ1) is 12.1. The van der Waals surface area contributed by atoms with E-state index in [0.29, 0.717) is 0 Å². The summed E-state index contributed by atoms with van der Waals surface area (Å²) in [6.07, 6.45) is 2.81. The predicted octanol–water partition coefficient (Wildman–Crippen LogP) is 1.42. The van der Waals surface area contributed by atoms with E-state index >= 15 is 0 Å². The van der Waals surface area contributed by atoms with E-state index in [4.69, 9.17) is 5.73 Å². The number of fused-ring (bicyclic) bond motifs is 1. The molecule has 1 atom stereocenters. The zero-order valence-corrected chi connectivity index (χ0v) is 10.9. The molecule has 17 heavy (non-hydrogen) atoms. The van der Waals surface area contributed by atoms with Gasteiger partial charge in [0.2, 0.25) is 0 Å². The van der Waals surface area contributed by atoms with Crippen LogP contribution in [-0.2, 0) is 6.42 Å². The third kappa shape index (κ3) is 2.18. The molecular weight excluding hydrogens is 212 g/mol. The topological polar surface area (TPSA) is 46.6 Å². The van der Waals surface area contributed by atoms with Crippen LogP contribution in [0, 0.1) is 6.92 Å². The molecule has 2 N–H and O–H groups in total. The smallest absolute Gasteiger partial charge is 0.137 e. The van der Waals surface area contributed by atoms with E-state index in [9.17, 15) is 0 Å². The molecule has 0 saturated carbocycles. The summed E-state index contributed by atoms with van der Waals surface area (Å²) >= 11 is 0. The minimum Gasteiger partial charge on any atom is -0.313 e. The second kappa shape index (κ2) is 4.13. The quantitative estimate of drug-likeness (QED) is 0.814. The largest absolute Gasteiger partial charge is 0.313 e. The van der Waals surface area contributed by atoms with Crippen LogP contribution in [-0.4, -0.2) is 34.0 Å². The highest BCUT2D eigenvalue weighted by molar-refractivity contribution is 5.43. The Balaban J connectivity index is 2.45. The highest BCUT2D eigenvalue weighted by Crippen LogP contribution is 2.18. The number of hydrogen-bond donors (Lipinski definition) is 1. The lowest BCUT2D eigenvalue weighted by molar-refractivity contribution is 0.178. The van der Waals surface area contributed by atoms with Gasteiger partial charge in [0.1, 0.15) is 5.65 Å². The van der Waals surface area contributed by atoms with Gasteiger partial charge in [0, 0.05) is 18.3 Å². The number of aryl methyl sites for hydroxylation is 1. The summed E-state index contributed by atoms with van der Waals surface area (Å²) in [5.74, 6) is 0. The van der Waals surface area contributed by atoms with Gasteiger partial charge < -0.3 is 10.1 Å². The molecule has 4 heteroatoms. The third-order valence-electron chi connectivity index (χ3n) is 3.38. The van der Waals surface area contributed by atoms with Crippen LogP contribution in [0.25, 0.3) is 5.65 Å². The van der Waals surface area contributed by atoms with Crippen molar-refractivity contribution in [2.75, 3.05) is 14.1 Å². The lowest BCUT2D eigenvalue weighted by atomic mass is 10.0. The Morgan fingerprint density at radius 2 is 2.12 bits per heavy atom. The van der Waals surface area contributed by atoms with Crippen molar-refractivity contribution < 1.29 is 0 Å². The molecule has 4 nitrogen and oxygen atoms in total. The monoisotopic (exact) mass is 232 g/mol. The summed E-state index contributed by atoms with van der Waals surface area (Å²) in [7, 11) is 4.00. The van der Waals surface area contributed by atoms with Gasteiger partial charge in [0.25, 0.3) is 0 Å². The minimum atomic E-state index is -0.365. The number of pyridine rings is 1. The van der Waals surface area contributed by atoms with Gasteiger partial charge in [-0.05, 0) is 40.1 Å². The van der Waals surface area contributed by atoms with Crippen molar-refractivity contribution in [2.24, 2.45) is 5.73 Å². The molecule has 0 radical (unpaired) electrons. The van der Waals surface area contributed by atoms with Gasteiger partial charge in [-0.15, -0.1) is 0 Å². The molecule has 0 aliphatic rings. The van der Waals surface area contributed by atoms with Gasteiger partial charge >= 0.3 is 0 Å². The molecular formula is C13H20N4. The molecule has 0 fully saturated rings. The maximum absolute atomic E-state index is 6.30. The molecule has 0 aliphatic heterocycles. The standard InChI is InChI=1S/C13H20N4/c1-10-11(9-13(2,14)16(3)4)17-8-6-5-7-12(17)15-10/h5-8H,9,14H2,1-4H3. The van der Waals surface area contributed by atoms with Crippen LogP contribution in [0.1, 0.15) is 18.3 Å². The Kier molecular flexibility index (Phi) is 2.93. The SMILES string of the molecule is Cc1nc2ccccn2c1CC(C)(N)N(C)C. The number of nitrogens with zero attached hydrogens (tertiary/aromatic N) is 3. The Hall–Kier alpha value is -1.39. The minimum absolute atomic E-state index is 0.365. The molecule has 2 rings (SSSR count). The molecule has 0 amide bonds. The fourth-order valence-corrected chi connectivity index (χ4v) is 1.87. The van der Waals surface area contributed by atoms with E-state index in [1.165, 1.54) is 5.69 Å². The number of hydrogen-bond acceptors (Lipinski definition) is 3. The van der Waals surface area contributed by atoms with Crippen LogP contribution in [0.3, 0.4) is 0 Å². The summed E-state index contributed by atoms with van der Waals surface area (Å²) in [5, 5.41) is 0. The Morgan fingerprint density at radius 3 is 2.76 bits per heavy atom. The molecule has 0 aliphatic carbocycles. The Labute approximate surface area is 102 Å². The molecule has 0 bridgehead atoms. The average molecular weight is 232 g/mol. The summed E-state index contributed by atoms with van der Waals surface area (Å²) < 4.78 is 2.12. The zero-order chi connectivity index (χ0) is 12.6. The zero-order valence-electron chi connectivity index (χ0n) is 10.9. The molecule has 2 heterocycles. The van der Waals surface area contributed by atoms with Gasteiger partial charge in [-0.3, -0.25) is 4.90 Å². The second-order valence-corrected chi connectivity index (χ2v) is 5.00. The van der Waals surface area contributed by atoms with E-state index < -0.39 is 0 Å². The first-order chi connectivity index (χ1) is 7.92. The summed E-state index contributed by atoms with van der Waals surface area (Å²) in [5.41, 5.74) is 9.14. The van der Waals surface area contributed by atoms with Gasteiger partial charge in [0.05, 0.1) is 11.4 Å². The molecule has 0 spiro atoms. The molecule has 2 aromatic rings. The van der Waals surface area contributed by atoms with E-state index in [-0.39, 0.29) is 5.66 Å². The van der Waals surface area contributed by atoms with Crippen molar-refractivity contribution in [2.45, 2.75) is 25.9 Å². The van der Waals surface area contributed by atoms with Crippen molar-refractivity contribution >= 4 is 5.65 Å². The highest BCUT2D eigenvalue weighted by Gasteiger charge is 2.24. The molecule has 0 aromatic carbocycles. The number of imidazole rings is 1. The van der Waals surface area contributed by atoms with Crippen molar-refractivity contribution in [3.8, 4) is 0 Å². The maximum atomic E-state index is 6.30. The lowest BCUT2D eigenvalue weighted by Gasteiger charge is -2.32. The van der Waals surface area contributed by atoms with Crippen molar-refractivity contribution in [1.82, 2.24) is 14.3 Å². The van der Waals surface area contributed by atoms with Crippen LogP contribution in [0.2, 0.25) is 0 Å². The number of rotatable bonds is 3.